The summed E-state index contributed by atoms with van der Waals surface area (Å²) in [5, 5.41) is 6.70. The van der Waals surface area contributed by atoms with Gasteiger partial charge < -0.3 is 14.7 Å². The summed E-state index contributed by atoms with van der Waals surface area (Å²) in [7, 11) is 0. The lowest BCUT2D eigenvalue weighted by atomic mass is 9.91. The number of aryl methyl sites for hydroxylation is 1. The highest BCUT2D eigenvalue weighted by molar-refractivity contribution is 5.95. The number of hydrogen-bond donors (Lipinski definition) is 1. The number of rotatable bonds is 4. The van der Waals surface area contributed by atoms with Gasteiger partial charge in [0.1, 0.15) is 6.33 Å². The molecular formula is C21H22N6O3. The Kier molecular flexibility index (Phi) is 5.51. The summed E-state index contributed by atoms with van der Waals surface area (Å²) in [5.41, 5.74) is 2.80. The van der Waals surface area contributed by atoms with E-state index >= 15 is 0 Å². The number of piperidine rings is 1. The van der Waals surface area contributed by atoms with Crippen LogP contribution in [0.3, 0.4) is 0 Å². The fourth-order valence-electron chi connectivity index (χ4n) is 3.71. The Balaban J connectivity index is 1.53. The molecule has 0 unspecified atom stereocenters. The molecule has 3 heterocycles. The zero-order valence-corrected chi connectivity index (χ0v) is 16.8. The van der Waals surface area contributed by atoms with Gasteiger partial charge in [0.2, 0.25) is 17.6 Å². The lowest BCUT2D eigenvalue weighted by Crippen LogP contribution is -2.39. The Morgan fingerprint density at radius 3 is 2.73 bits per heavy atom. The molecule has 1 N–H and O–H groups in total. The summed E-state index contributed by atoms with van der Waals surface area (Å²) in [6.07, 6.45) is 4.97. The molecule has 0 bridgehead atoms. The number of likely N-dealkylation sites (tertiary alicyclic amines) is 1. The number of nitrogens with one attached hydrogen (secondary N) is 1. The average molecular weight is 406 g/mol. The van der Waals surface area contributed by atoms with E-state index in [0.717, 1.165) is 24.1 Å². The van der Waals surface area contributed by atoms with Gasteiger partial charge in [0, 0.05) is 50.3 Å². The Morgan fingerprint density at radius 1 is 1.23 bits per heavy atom. The largest absolute Gasteiger partial charge is 0.339 e. The van der Waals surface area contributed by atoms with E-state index in [1.165, 1.54) is 13.3 Å². The average Bonchev–Trinajstić information content (AvgIpc) is 3.20. The molecule has 0 radical (unpaired) electrons. The van der Waals surface area contributed by atoms with Crippen LogP contribution in [0.1, 0.15) is 47.6 Å². The molecule has 3 aromatic rings. The van der Waals surface area contributed by atoms with Crippen LogP contribution in [0.2, 0.25) is 0 Å². The van der Waals surface area contributed by atoms with E-state index in [1.807, 2.05) is 4.90 Å². The molecule has 1 fully saturated rings. The Hall–Kier alpha value is -3.62. The maximum atomic E-state index is 13.0. The molecule has 1 aromatic carbocycles. The Morgan fingerprint density at radius 2 is 2.03 bits per heavy atom. The van der Waals surface area contributed by atoms with E-state index in [1.54, 1.807) is 37.4 Å². The minimum absolute atomic E-state index is 0.0416. The van der Waals surface area contributed by atoms with Crippen LogP contribution in [0.15, 0.2) is 41.3 Å². The summed E-state index contributed by atoms with van der Waals surface area (Å²) in [6, 6.07) is 6.93. The molecule has 1 saturated heterocycles. The number of amides is 2. The third-order valence-electron chi connectivity index (χ3n) is 5.06. The monoisotopic (exact) mass is 406 g/mol. The first-order valence-corrected chi connectivity index (χ1v) is 9.79. The number of hydrogen-bond acceptors (Lipinski definition) is 7. The molecule has 154 valence electrons. The molecule has 9 heteroatoms. The highest BCUT2D eigenvalue weighted by atomic mass is 16.5. The standard InChI is InChI=1S/C21H22N6O3/c1-13(28)24-17-7-5-15(6-8-17)21(29)27-9-3-4-16(11-27)19-18(10-22-12-23-19)20-25-14(2)30-26-20/h5-8,10,12,16H,3-4,9,11H2,1-2H3,(H,24,28)/t16-/m0/s1. The molecule has 0 saturated carbocycles. The van der Waals surface area contributed by atoms with Gasteiger partial charge in [-0.05, 0) is 37.1 Å². The molecule has 1 aliphatic rings. The molecule has 1 atom stereocenters. The van der Waals surface area contributed by atoms with Crippen molar-refractivity contribution in [3.8, 4) is 11.4 Å². The highest BCUT2D eigenvalue weighted by Crippen LogP contribution is 2.32. The lowest BCUT2D eigenvalue weighted by Gasteiger charge is -2.33. The van der Waals surface area contributed by atoms with E-state index in [-0.39, 0.29) is 17.7 Å². The van der Waals surface area contributed by atoms with Crippen molar-refractivity contribution >= 4 is 17.5 Å². The van der Waals surface area contributed by atoms with Crippen LogP contribution in [0.25, 0.3) is 11.4 Å². The van der Waals surface area contributed by atoms with Gasteiger partial charge in [-0.15, -0.1) is 0 Å². The summed E-state index contributed by atoms with van der Waals surface area (Å²) in [6.45, 7) is 4.42. The fraction of sp³-hybridized carbons (Fsp3) is 0.333. The van der Waals surface area contributed by atoms with Crippen LogP contribution in [0.5, 0.6) is 0 Å². The fourth-order valence-corrected chi connectivity index (χ4v) is 3.71. The van der Waals surface area contributed by atoms with Crippen LogP contribution in [0.4, 0.5) is 5.69 Å². The maximum Gasteiger partial charge on any atom is 0.253 e. The predicted molar refractivity (Wildman–Crippen MR) is 109 cm³/mol. The van der Waals surface area contributed by atoms with Crippen LogP contribution >= 0.6 is 0 Å². The molecule has 9 nitrogen and oxygen atoms in total. The predicted octanol–water partition coefficient (Wildman–Crippen LogP) is 2.81. The number of anilines is 1. The third-order valence-corrected chi connectivity index (χ3v) is 5.06. The van der Waals surface area contributed by atoms with Crippen molar-refractivity contribution < 1.29 is 14.1 Å². The van der Waals surface area contributed by atoms with Gasteiger partial charge in [0.25, 0.3) is 5.91 Å². The number of carbonyl (C=O) groups is 2. The van der Waals surface area contributed by atoms with E-state index in [0.29, 0.717) is 36.1 Å². The van der Waals surface area contributed by atoms with Crippen LogP contribution in [-0.4, -0.2) is 49.9 Å². The van der Waals surface area contributed by atoms with Crippen molar-refractivity contribution in [2.75, 3.05) is 18.4 Å². The SMILES string of the molecule is CC(=O)Nc1ccc(C(=O)N2CCC[C@H](c3ncncc3-c3noc(C)n3)C2)cc1. The molecule has 30 heavy (non-hydrogen) atoms. The summed E-state index contributed by atoms with van der Waals surface area (Å²) < 4.78 is 5.10. The van der Waals surface area contributed by atoms with E-state index in [9.17, 15) is 9.59 Å². The number of carbonyl (C=O) groups excluding carboxylic acids is 2. The van der Waals surface area contributed by atoms with Gasteiger partial charge in [-0.2, -0.15) is 4.98 Å². The van der Waals surface area contributed by atoms with E-state index in [2.05, 4.69) is 25.4 Å². The van der Waals surface area contributed by atoms with Crippen molar-refractivity contribution in [1.29, 1.82) is 0 Å². The molecule has 1 aliphatic heterocycles. The molecule has 4 rings (SSSR count). The Bertz CT molecular complexity index is 1060. The molecule has 2 aromatic heterocycles. The minimum Gasteiger partial charge on any atom is -0.339 e. The van der Waals surface area contributed by atoms with Gasteiger partial charge >= 0.3 is 0 Å². The first kappa shape index (κ1) is 19.7. The quantitative estimate of drug-likeness (QED) is 0.708. The third kappa shape index (κ3) is 4.19. The van der Waals surface area contributed by atoms with Gasteiger partial charge in [-0.25, -0.2) is 9.97 Å². The minimum atomic E-state index is -0.148. The summed E-state index contributed by atoms with van der Waals surface area (Å²) >= 11 is 0. The van der Waals surface area contributed by atoms with Crippen molar-refractivity contribution in [2.45, 2.75) is 32.6 Å². The number of nitrogens with zero attached hydrogens (tertiary/aromatic N) is 5. The van der Waals surface area contributed by atoms with Crippen molar-refractivity contribution in [1.82, 2.24) is 25.0 Å². The zero-order chi connectivity index (χ0) is 21.1. The van der Waals surface area contributed by atoms with Crippen molar-refractivity contribution in [2.24, 2.45) is 0 Å². The van der Waals surface area contributed by atoms with Gasteiger partial charge in [0.15, 0.2) is 0 Å². The molecular weight excluding hydrogens is 384 g/mol. The van der Waals surface area contributed by atoms with Crippen LogP contribution < -0.4 is 5.32 Å². The second-order valence-corrected chi connectivity index (χ2v) is 7.31. The topological polar surface area (TPSA) is 114 Å². The second-order valence-electron chi connectivity index (χ2n) is 7.31. The second kappa shape index (κ2) is 8.40. The van der Waals surface area contributed by atoms with Gasteiger partial charge in [-0.1, -0.05) is 5.16 Å². The van der Waals surface area contributed by atoms with Gasteiger partial charge in [-0.3, -0.25) is 9.59 Å². The highest BCUT2D eigenvalue weighted by Gasteiger charge is 2.29. The van der Waals surface area contributed by atoms with Crippen LogP contribution in [-0.2, 0) is 4.79 Å². The zero-order valence-electron chi connectivity index (χ0n) is 16.8. The molecule has 0 aliphatic carbocycles. The normalized spacial score (nSPS) is 16.3. The maximum absolute atomic E-state index is 13.0. The van der Waals surface area contributed by atoms with E-state index in [4.69, 9.17) is 4.52 Å². The van der Waals surface area contributed by atoms with Crippen molar-refractivity contribution in [3.05, 3.63) is 53.9 Å². The molecule has 0 spiro atoms. The number of aromatic nitrogens is 4. The van der Waals surface area contributed by atoms with Gasteiger partial charge in [0.05, 0.1) is 11.3 Å². The number of benzene rings is 1. The van der Waals surface area contributed by atoms with Crippen molar-refractivity contribution in [3.63, 3.8) is 0 Å². The Labute approximate surface area is 173 Å². The smallest absolute Gasteiger partial charge is 0.253 e. The lowest BCUT2D eigenvalue weighted by molar-refractivity contribution is -0.114. The summed E-state index contributed by atoms with van der Waals surface area (Å²) in [5.74, 6) is 0.798. The molecule has 2 amide bonds. The summed E-state index contributed by atoms with van der Waals surface area (Å²) in [4.78, 5) is 38.9. The van der Waals surface area contributed by atoms with E-state index < -0.39 is 0 Å². The first-order chi connectivity index (χ1) is 14.5. The van der Waals surface area contributed by atoms with Crippen LogP contribution in [0, 0.1) is 6.92 Å². The first-order valence-electron chi connectivity index (χ1n) is 9.79.